The number of benzene rings is 2. The van der Waals surface area contributed by atoms with Gasteiger partial charge in [-0.15, -0.1) is 0 Å². The molecule has 1 N–H and O–H groups in total. The average molecular weight is 372 g/mol. The average Bonchev–Trinajstić information content (AvgIpc) is 3.13. The first-order valence-corrected chi connectivity index (χ1v) is 9.42. The topological polar surface area (TPSA) is 49.2 Å². The van der Waals surface area contributed by atoms with Crippen molar-refractivity contribution in [3.63, 3.8) is 0 Å². The Bertz CT molecular complexity index is 860. The van der Waals surface area contributed by atoms with Gasteiger partial charge in [0.1, 0.15) is 0 Å². The van der Waals surface area contributed by atoms with E-state index in [4.69, 9.17) is 11.6 Å². The molecule has 0 amide bonds. The van der Waals surface area contributed by atoms with Crippen LogP contribution in [0.3, 0.4) is 0 Å². The lowest BCUT2D eigenvalue weighted by molar-refractivity contribution is 0.0119. The SMILES string of the molecule is OC1(c2ccccc2Cl)CCN(c2nc(-c3ccccc3)ns2)CC1. The Labute approximate surface area is 155 Å². The van der Waals surface area contributed by atoms with Gasteiger partial charge in [0.15, 0.2) is 5.82 Å². The maximum absolute atomic E-state index is 11.0. The number of anilines is 1. The maximum atomic E-state index is 11.0. The summed E-state index contributed by atoms with van der Waals surface area (Å²) in [4.78, 5) is 6.86. The van der Waals surface area contributed by atoms with Crippen LogP contribution in [0.5, 0.6) is 0 Å². The van der Waals surface area contributed by atoms with Gasteiger partial charge < -0.3 is 10.0 Å². The third kappa shape index (κ3) is 3.27. The quantitative estimate of drug-likeness (QED) is 0.743. The fourth-order valence-corrected chi connectivity index (χ4v) is 4.28. The second kappa shape index (κ2) is 6.75. The van der Waals surface area contributed by atoms with Crippen molar-refractivity contribution in [2.75, 3.05) is 18.0 Å². The third-order valence-electron chi connectivity index (χ3n) is 4.68. The molecule has 0 bridgehead atoms. The van der Waals surface area contributed by atoms with Gasteiger partial charge in [0.05, 0.1) is 5.60 Å². The number of hydrogen-bond donors (Lipinski definition) is 1. The molecule has 1 aliphatic heterocycles. The van der Waals surface area contributed by atoms with Gasteiger partial charge in [-0.3, -0.25) is 0 Å². The number of aliphatic hydroxyl groups is 1. The van der Waals surface area contributed by atoms with Crippen molar-refractivity contribution in [1.29, 1.82) is 0 Å². The Kier molecular flexibility index (Phi) is 4.46. The minimum absolute atomic E-state index is 0.622. The predicted molar refractivity (Wildman–Crippen MR) is 102 cm³/mol. The summed E-state index contributed by atoms with van der Waals surface area (Å²) in [5.74, 6) is 0.757. The highest BCUT2D eigenvalue weighted by Crippen LogP contribution is 2.38. The fraction of sp³-hybridized carbons (Fsp3) is 0.263. The van der Waals surface area contributed by atoms with Crippen LogP contribution in [-0.4, -0.2) is 27.6 Å². The molecule has 3 aromatic rings. The van der Waals surface area contributed by atoms with E-state index >= 15 is 0 Å². The zero-order valence-corrected chi connectivity index (χ0v) is 15.2. The number of hydrogen-bond acceptors (Lipinski definition) is 5. The number of halogens is 1. The van der Waals surface area contributed by atoms with Crippen LogP contribution < -0.4 is 4.90 Å². The lowest BCUT2D eigenvalue weighted by Crippen LogP contribution is -2.42. The van der Waals surface area contributed by atoms with E-state index in [1.54, 1.807) is 0 Å². The fourth-order valence-electron chi connectivity index (χ4n) is 3.22. The van der Waals surface area contributed by atoms with Crippen LogP contribution in [0.25, 0.3) is 11.4 Å². The minimum Gasteiger partial charge on any atom is -0.385 e. The van der Waals surface area contributed by atoms with E-state index in [1.807, 2.05) is 54.6 Å². The zero-order chi connectivity index (χ0) is 17.3. The van der Waals surface area contributed by atoms with Crippen molar-refractivity contribution < 1.29 is 5.11 Å². The zero-order valence-electron chi connectivity index (χ0n) is 13.6. The molecule has 0 aliphatic carbocycles. The van der Waals surface area contributed by atoms with E-state index in [-0.39, 0.29) is 0 Å². The van der Waals surface area contributed by atoms with Gasteiger partial charge in [-0.1, -0.05) is 60.1 Å². The minimum atomic E-state index is -0.873. The highest BCUT2D eigenvalue weighted by Gasteiger charge is 2.36. The first kappa shape index (κ1) is 16.5. The monoisotopic (exact) mass is 371 g/mol. The molecule has 25 heavy (non-hydrogen) atoms. The molecule has 0 unspecified atom stereocenters. The van der Waals surface area contributed by atoms with Crippen LogP contribution >= 0.6 is 23.1 Å². The summed E-state index contributed by atoms with van der Waals surface area (Å²) in [7, 11) is 0. The molecule has 4 nitrogen and oxygen atoms in total. The van der Waals surface area contributed by atoms with Gasteiger partial charge in [0.25, 0.3) is 0 Å². The molecule has 1 fully saturated rings. The summed E-state index contributed by atoms with van der Waals surface area (Å²) in [6, 6.07) is 17.5. The standard InChI is InChI=1S/C19H18ClN3OS/c20-16-9-5-4-8-15(16)19(24)10-12-23(13-11-19)18-21-17(22-25-18)14-6-2-1-3-7-14/h1-9,24H,10-13H2. The van der Waals surface area contributed by atoms with Gasteiger partial charge in [-0.25, -0.2) is 0 Å². The Morgan fingerprint density at radius 1 is 1.00 bits per heavy atom. The Morgan fingerprint density at radius 2 is 1.68 bits per heavy atom. The molecule has 2 heterocycles. The first-order valence-electron chi connectivity index (χ1n) is 8.27. The molecule has 6 heteroatoms. The molecule has 0 saturated carbocycles. The maximum Gasteiger partial charge on any atom is 0.205 e. The summed E-state index contributed by atoms with van der Waals surface area (Å²) in [6.45, 7) is 1.45. The van der Waals surface area contributed by atoms with Gasteiger partial charge in [0, 0.05) is 40.8 Å². The lowest BCUT2D eigenvalue weighted by Gasteiger charge is -2.38. The molecule has 4 rings (SSSR count). The second-order valence-corrected chi connectivity index (χ2v) is 7.40. The number of piperidine rings is 1. The lowest BCUT2D eigenvalue weighted by atomic mass is 9.84. The molecule has 128 valence electrons. The summed E-state index contributed by atoms with van der Waals surface area (Å²) in [5, 5.41) is 12.6. The van der Waals surface area contributed by atoms with Crippen molar-refractivity contribution in [2.24, 2.45) is 0 Å². The number of rotatable bonds is 3. The number of aromatic nitrogens is 2. The van der Waals surface area contributed by atoms with Crippen LogP contribution in [0.4, 0.5) is 5.13 Å². The summed E-state index contributed by atoms with van der Waals surface area (Å²) >= 11 is 7.69. The third-order valence-corrected chi connectivity index (χ3v) is 5.79. The normalized spacial score (nSPS) is 16.8. The highest BCUT2D eigenvalue weighted by atomic mass is 35.5. The van der Waals surface area contributed by atoms with E-state index < -0.39 is 5.60 Å². The van der Waals surface area contributed by atoms with Crippen LogP contribution in [0, 0.1) is 0 Å². The molecule has 0 radical (unpaired) electrons. The second-order valence-electron chi connectivity index (χ2n) is 6.27. The van der Waals surface area contributed by atoms with Gasteiger partial charge in [0.2, 0.25) is 5.13 Å². The van der Waals surface area contributed by atoms with E-state index in [0.717, 1.165) is 35.2 Å². The van der Waals surface area contributed by atoms with Gasteiger partial charge in [-0.05, 0) is 18.9 Å². The first-order chi connectivity index (χ1) is 12.2. The Hall–Kier alpha value is -1.95. The van der Waals surface area contributed by atoms with Crippen molar-refractivity contribution >= 4 is 28.3 Å². The van der Waals surface area contributed by atoms with Crippen molar-refractivity contribution in [3.05, 3.63) is 65.2 Å². The van der Waals surface area contributed by atoms with Crippen LogP contribution in [0.1, 0.15) is 18.4 Å². The molecule has 2 aromatic carbocycles. The van der Waals surface area contributed by atoms with E-state index in [0.29, 0.717) is 17.9 Å². The largest absolute Gasteiger partial charge is 0.385 e. The molecule has 1 aliphatic rings. The molecule has 1 saturated heterocycles. The molecule has 0 atom stereocenters. The van der Waals surface area contributed by atoms with Crippen molar-refractivity contribution in [3.8, 4) is 11.4 Å². The Balaban J connectivity index is 1.49. The van der Waals surface area contributed by atoms with Crippen LogP contribution in [0.15, 0.2) is 54.6 Å². The van der Waals surface area contributed by atoms with E-state index in [1.165, 1.54) is 11.5 Å². The van der Waals surface area contributed by atoms with Crippen molar-refractivity contribution in [1.82, 2.24) is 9.36 Å². The van der Waals surface area contributed by atoms with Crippen LogP contribution in [-0.2, 0) is 5.60 Å². The Morgan fingerprint density at radius 3 is 2.40 bits per heavy atom. The summed E-state index contributed by atoms with van der Waals surface area (Å²) in [6.07, 6.45) is 1.24. The van der Waals surface area contributed by atoms with E-state index in [2.05, 4.69) is 14.3 Å². The molecule has 0 spiro atoms. The predicted octanol–water partition coefficient (Wildman–Crippen LogP) is 4.35. The summed E-state index contributed by atoms with van der Waals surface area (Å²) < 4.78 is 4.48. The molecular formula is C19H18ClN3OS. The smallest absolute Gasteiger partial charge is 0.205 e. The van der Waals surface area contributed by atoms with Crippen molar-refractivity contribution in [2.45, 2.75) is 18.4 Å². The van der Waals surface area contributed by atoms with Crippen LogP contribution in [0.2, 0.25) is 5.02 Å². The van der Waals surface area contributed by atoms with E-state index in [9.17, 15) is 5.11 Å². The molecule has 1 aromatic heterocycles. The van der Waals surface area contributed by atoms with Gasteiger partial charge >= 0.3 is 0 Å². The number of nitrogens with zero attached hydrogens (tertiary/aromatic N) is 3. The highest BCUT2D eigenvalue weighted by molar-refractivity contribution is 7.09. The molecular weight excluding hydrogens is 354 g/mol. The summed E-state index contributed by atoms with van der Waals surface area (Å²) in [5.41, 5.74) is 0.968. The van der Waals surface area contributed by atoms with Gasteiger partial charge in [-0.2, -0.15) is 9.36 Å².